The topological polar surface area (TPSA) is 54.0 Å². The molecule has 0 atom stereocenters. The fourth-order valence-electron chi connectivity index (χ4n) is 2.81. The third-order valence-electron chi connectivity index (χ3n) is 4.31. The second-order valence-corrected chi connectivity index (χ2v) is 6.01. The van der Waals surface area contributed by atoms with E-state index in [1.165, 1.54) is 5.56 Å². The summed E-state index contributed by atoms with van der Waals surface area (Å²) in [7, 11) is 3.37. The van der Waals surface area contributed by atoms with Crippen molar-refractivity contribution in [3.8, 4) is 5.75 Å². The van der Waals surface area contributed by atoms with E-state index in [4.69, 9.17) is 9.47 Å². The number of carbonyl (C=O) groups excluding carboxylic acids is 1. The Labute approximate surface area is 144 Å². The third-order valence-corrected chi connectivity index (χ3v) is 4.31. The summed E-state index contributed by atoms with van der Waals surface area (Å²) in [6.45, 7) is 5.78. The van der Waals surface area contributed by atoms with Gasteiger partial charge in [-0.3, -0.25) is 4.90 Å². The van der Waals surface area contributed by atoms with Gasteiger partial charge in [0.15, 0.2) is 0 Å². The van der Waals surface area contributed by atoms with Gasteiger partial charge in [0.2, 0.25) is 0 Å². The molecule has 2 rings (SSSR count). The molecule has 0 aromatic heterocycles. The van der Waals surface area contributed by atoms with Crippen LogP contribution in [0.4, 0.5) is 4.79 Å². The Kier molecular flexibility index (Phi) is 7.85. The van der Waals surface area contributed by atoms with Crippen molar-refractivity contribution in [2.45, 2.75) is 12.8 Å². The van der Waals surface area contributed by atoms with Gasteiger partial charge in [-0.2, -0.15) is 0 Å². The number of nitrogens with one attached hydrogen (secondary N) is 1. The van der Waals surface area contributed by atoms with Crippen molar-refractivity contribution < 1.29 is 14.3 Å². The largest absolute Gasteiger partial charge is 0.497 e. The number of urea groups is 1. The molecule has 0 unspecified atom stereocenters. The summed E-state index contributed by atoms with van der Waals surface area (Å²) in [5, 5.41) is 2.95. The Morgan fingerprint density at radius 1 is 1.21 bits per heavy atom. The zero-order chi connectivity index (χ0) is 17.2. The van der Waals surface area contributed by atoms with Crippen LogP contribution >= 0.6 is 0 Å². The monoisotopic (exact) mass is 335 g/mol. The van der Waals surface area contributed by atoms with Crippen LogP contribution in [0.2, 0.25) is 0 Å². The second kappa shape index (κ2) is 10.2. The van der Waals surface area contributed by atoms with Gasteiger partial charge in [-0.25, -0.2) is 4.79 Å². The number of ether oxygens (including phenoxy) is 2. The highest BCUT2D eigenvalue weighted by molar-refractivity contribution is 5.74. The fourth-order valence-corrected chi connectivity index (χ4v) is 2.81. The summed E-state index contributed by atoms with van der Waals surface area (Å²) < 4.78 is 10.2. The summed E-state index contributed by atoms with van der Waals surface area (Å²) in [5.74, 6) is 0.905. The molecule has 1 aromatic carbocycles. The zero-order valence-electron chi connectivity index (χ0n) is 14.8. The number of nitrogens with zero attached hydrogens (tertiary/aromatic N) is 2. The quantitative estimate of drug-likeness (QED) is 0.733. The van der Waals surface area contributed by atoms with Crippen LogP contribution in [0, 0.1) is 0 Å². The molecule has 1 saturated heterocycles. The minimum atomic E-state index is 0.0403. The van der Waals surface area contributed by atoms with Crippen LogP contribution in [-0.4, -0.2) is 75.9 Å². The van der Waals surface area contributed by atoms with E-state index in [2.05, 4.69) is 22.3 Å². The number of benzene rings is 1. The molecule has 0 radical (unpaired) electrons. The summed E-state index contributed by atoms with van der Waals surface area (Å²) >= 11 is 0. The highest BCUT2D eigenvalue weighted by Crippen LogP contribution is 2.13. The standard InChI is InChI=1S/C18H29N3O3/c1-23-14-4-8-19-18(22)21-12-10-20(11-13-21)9-7-16-5-3-6-17(15-16)24-2/h3,5-6,15H,4,7-14H2,1-2H3,(H,19,22). The molecular weight excluding hydrogens is 306 g/mol. The maximum absolute atomic E-state index is 12.1. The van der Waals surface area contributed by atoms with E-state index in [-0.39, 0.29) is 6.03 Å². The molecule has 0 saturated carbocycles. The number of carbonyl (C=O) groups is 1. The van der Waals surface area contributed by atoms with Crippen molar-refractivity contribution in [1.82, 2.24) is 15.1 Å². The molecule has 6 heteroatoms. The van der Waals surface area contributed by atoms with E-state index in [1.807, 2.05) is 17.0 Å². The van der Waals surface area contributed by atoms with Gasteiger partial charge < -0.3 is 19.7 Å². The number of piperazine rings is 1. The van der Waals surface area contributed by atoms with Gasteiger partial charge in [-0.15, -0.1) is 0 Å². The van der Waals surface area contributed by atoms with Crippen molar-refractivity contribution >= 4 is 6.03 Å². The van der Waals surface area contributed by atoms with Gasteiger partial charge in [0.25, 0.3) is 0 Å². The van der Waals surface area contributed by atoms with Gasteiger partial charge in [-0.1, -0.05) is 12.1 Å². The van der Waals surface area contributed by atoms with Crippen molar-refractivity contribution in [3.63, 3.8) is 0 Å². The van der Waals surface area contributed by atoms with Gasteiger partial charge >= 0.3 is 6.03 Å². The Hall–Kier alpha value is -1.79. The van der Waals surface area contributed by atoms with Gasteiger partial charge in [0.05, 0.1) is 7.11 Å². The summed E-state index contributed by atoms with van der Waals surface area (Å²) in [6.07, 6.45) is 1.85. The molecule has 134 valence electrons. The van der Waals surface area contributed by atoms with Crippen molar-refractivity contribution in [3.05, 3.63) is 29.8 Å². The summed E-state index contributed by atoms with van der Waals surface area (Å²) in [6, 6.07) is 8.25. The minimum absolute atomic E-state index is 0.0403. The first-order chi connectivity index (χ1) is 11.7. The van der Waals surface area contributed by atoms with Gasteiger partial charge in [0, 0.05) is 53.0 Å². The number of hydrogen-bond donors (Lipinski definition) is 1. The van der Waals surface area contributed by atoms with Crippen molar-refractivity contribution in [2.24, 2.45) is 0 Å². The average molecular weight is 335 g/mol. The van der Waals surface area contributed by atoms with E-state index in [9.17, 15) is 4.79 Å². The van der Waals surface area contributed by atoms with Gasteiger partial charge in [0.1, 0.15) is 5.75 Å². The lowest BCUT2D eigenvalue weighted by Gasteiger charge is -2.34. The molecular formula is C18H29N3O3. The summed E-state index contributed by atoms with van der Waals surface area (Å²) in [5.41, 5.74) is 1.28. The molecule has 1 aliphatic heterocycles. The summed E-state index contributed by atoms with van der Waals surface area (Å²) in [4.78, 5) is 16.4. The molecule has 24 heavy (non-hydrogen) atoms. The van der Waals surface area contributed by atoms with Gasteiger partial charge in [-0.05, 0) is 30.5 Å². The maximum Gasteiger partial charge on any atom is 0.317 e. The lowest BCUT2D eigenvalue weighted by Crippen LogP contribution is -2.52. The van der Waals surface area contributed by atoms with E-state index in [1.54, 1.807) is 14.2 Å². The van der Waals surface area contributed by atoms with Crippen molar-refractivity contribution in [1.29, 1.82) is 0 Å². The molecule has 1 aromatic rings. The Morgan fingerprint density at radius 3 is 2.71 bits per heavy atom. The molecule has 0 spiro atoms. The van der Waals surface area contributed by atoms with Crippen molar-refractivity contribution in [2.75, 3.05) is 60.1 Å². The van der Waals surface area contributed by atoms with E-state index >= 15 is 0 Å². The predicted octanol–water partition coefficient (Wildman–Crippen LogP) is 1.60. The molecule has 1 aliphatic rings. The predicted molar refractivity (Wildman–Crippen MR) is 94.6 cm³/mol. The molecule has 0 aliphatic carbocycles. The molecule has 2 amide bonds. The van der Waals surface area contributed by atoms with Crippen LogP contribution in [0.1, 0.15) is 12.0 Å². The molecule has 6 nitrogen and oxygen atoms in total. The zero-order valence-corrected chi connectivity index (χ0v) is 14.8. The second-order valence-electron chi connectivity index (χ2n) is 6.01. The van der Waals surface area contributed by atoms with Crippen LogP contribution in [0.15, 0.2) is 24.3 Å². The number of rotatable bonds is 8. The Bertz CT molecular complexity index is 502. The van der Waals surface area contributed by atoms with E-state index < -0.39 is 0 Å². The lowest BCUT2D eigenvalue weighted by atomic mass is 10.1. The van der Waals surface area contributed by atoms with E-state index in [0.29, 0.717) is 13.2 Å². The number of methoxy groups -OCH3 is 2. The first-order valence-electron chi connectivity index (χ1n) is 8.60. The number of amides is 2. The first kappa shape index (κ1) is 18.5. The highest BCUT2D eigenvalue weighted by Gasteiger charge is 2.20. The first-order valence-corrected chi connectivity index (χ1v) is 8.60. The van der Waals surface area contributed by atoms with Crippen LogP contribution in [0.5, 0.6) is 5.75 Å². The molecule has 1 N–H and O–H groups in total. The molecule has 0 bridgehead atoms. The van der Waals surface area contributed by atoms with Crippen LogP contribution < -0.4 is 10.1 Å². The van der Waals surface area contributed by atoms with E-state index in [0.717, 1.165) is 51.3 Å². The fraction of sp³-hybridized carbons (Fsp3) is 0.611. The SMILES string of the molecule is COCCCNC(=O)N1CCN(CCc2cccc(OC)c2)CC1. The normalized spacial score (nSPS) is 15.3. The van der Waals surface area contributed by atoms with Crippen LogP contribution in [0.3, 0.4) is 0 Å². The number of hydrogen-bond acceptors (Lipinski definition) is 4. The smallest absolute Gasteiger partial charge is 0.317 e. The Morgan fingerprint density at radius 2 is 2.00 bits per heavy atom. The molecule has 1 heterocycles. The average Bonchev–Trinajstić information content (AvgIpc) is 2.64. The third kappa shape index (κ3) is 6.02. The Balaban J connectivity index is 1.66. The maximum atomic E-state index is 12.1. The van der Waals surface area contributed by atoms with Crippen LogP contribution in [-0.2, 0) is 11.2 Å². The lowest BCUT2D eigenvalue weighted by molar-refractivity contribution is 0.139. The molecule has 1 fully saturated rings. The minimum Gasteiger partial charge on any atom is -0.497 e. The highest BCUT2D eigenvalue weighted by atomic mass is 16.5. The van der Waals surface area contributed by atoms with Crippen LogP contribution in [0.25, 0.3) is 0 Å².